The number of piperazine rings is 1. The molecule has 2 rings (SSSR count). The molecule has 4 heteroatoms. The van der Waals surface area contributed by atoms with Gasteiger partial charge in [0.1, 0.15) is 0 Å². The number of ether oxygens (including phenoxy) is 1. The van der Waals surface area contributed by atoms with Crippen LogP contribution in [0.2, 0.25) is 0 Å². The van der Waals surface area contributed by atoms with Gasteiger partial charge in [-0.25, -0.2) is 0 Å². The second-order valence-electron chi connectivity index (χ2n) is 6.48. The Hall–Kier alpha value is -0.160. The quantitative estimate of drug-likeness (QED) is 0.735. The number of likely N-dealkylation sites (tertiary alicyclic amines) is 1. The fourth-order valence-corrected chi connectivity index (χ4v) is 3.24. The van der Waals surface area contributed by atoms with Gasteiger partial charge in [-0.05, 0) is 33.2 Å². The maximum Gasteiger partial charge on any atom is 0.0600 e. The molecule has 2 heterocycles. The van der Waals surface area contributed by atoms with E-state index in [1.807, 2.05) is 0 Å². The van der Waals surface area contributed by atoms with Crippen LogP contribution in [0.25, 0.3) is 0 Å². The average molecular weight is 283 g/mol. The molecule has 0 aliphatic carbocycles. The first-order valence-corrected chi connectivity index (χ1v) is 8.49. The normalized spacial score (nSPS) is 24.6. The Morgan fingerprint density at radius 2 is 1.60 bits per heavy atom. The Bertz CT molecular complexity index is 256. The molecule has 2 aliphatic heterocycles. The van der Waals surface area contributed by atoms with Crippen molar-refractivity contribution in [2.24, 2.45) is 0 Å². The lowest BCUT2D eigenvalue weighted by Crippen LogP contribution is -2.49. The molecule has 20 heavy (non-hydrogen) atoms. The highest BCUT2D eigenvalue weighted by atomic mass is 16.5. The van der Waals surface area contributed by atoms with Crippen LogP contribution in [0, 0.1) is 0 Å². The third-order valence-electron chi connectivity index (χ3n) is 4.88. The van der Waals surface area contributed by atoms with Crippen LogP contribution in [-0.2, 0) is 4.74 Å². The molecule has 2 fully saturated rings. The summed E-state index contributed by atoms with van der Waals surface area (Å²) in [5.74, 6) is 0. The highest BCUT2D eigenvalue weighted by Gasteiger charge is 2.20. The van der Waals surface area contributed by atoms with Gasteiger partial charge in [0.05, 0.1) is 12.7 Å². The first kappa shape index (κ1) is 16.2. The van der Waals surface area contributed by atoms with E-state index < -0.39 is 0 Å². The first-order chi connectivity index (χ1) is 9.69. The second kappa shape index (κ2) is 8.32. The molecule has 0 aromatic rings. The average Bonchev–Trinajstić information content (AvgIpc) is 2.48. The van der Waals surface area contributed by atoms with Crippen LogP contribution in [0.3, 0.4) is 0 Å². The number of rotatable bonds is 6. The molecular weight excluding hydrogens is 250 g/mol. The summed E-state index contributed by atoms with van der Waals surface area (Å²) >= 11 is 0. The van der Waals surface area contributed by atoms with Gasteiger partial charge in [-0.15, -0.1) is 0 Å². The van der Waals surface area contributed by atoms with Crippen LogP contribution >= 0.6 is 0 Å². The van der Waals surface area contributed by atoms with E-state index in [4.69, 9.17) is 4.74 Å². The molecule has 0 unspecified atom stereocenters. The van der Waals surface area contributed by atoms with Crippen LogP contribution in [0.5, 0.6) is 0 Å². The van der Waals surface area contributed by atoms with Gasteiger partial charge in [-0.3, -0.25) is 9.80 Å². The standard InChI is InChI=1S/C16H33N3O/c1-4-17-7-5-16(6-8-17)20-14-13-18-9-11-19(12-10-18)15(2)3/h15-16H,4-14H2,1-3H3. The third kappa shape index (κ3) is 4.99. The number of nitrogens with zero attached hydrogens (tertiary/aromatic N) is 3. The van der Waals surface area contributed by atoms with E-state index in [1.165, 1.54) is 58.7 Å². The largest absolute Gasteiger partial charge is 0.377 e. The zero-order chi connectivity index (χ0) is 14.4. The van der Waals surface area contributed by atoms with Gasteiger partial charge in [-0.2, -0.15) is 0 Å². The Morgan fingerprint density at radius 1 is 0.950 bits per heavy atom. The monoisotopic (exact) mass is 283 g/mol. The molecule has 0 atom stereocenters. The summed E-state index contributed by atoms with van der Waals surface area (Å²) in [5, 5.41) is 0. The lowest BCUT2D eigenvalue weighted by Gasteiger charge is -2.37. The molecule has 0 amide bonds. The summed E-state index contributed by atoms with van der Waals surface area (Å²) in [6.07, 6.45) is 2.94. The Balaban J connectivity index is 1.54. The van der Waals surface area contributed by atoms with E-state index in [1.54, 1.807) is 0 Å². The molecule has 4 nitrogen and oxygen atoms in total. The van der Waals surface area contributed by atoms with Gasteiger partial charge in [0, 0.05) is 51.9 Å². The summed E-state index contributed by atoms with van der Waals surface area (Å²) in [7, 11) is 0. The van der Waals surface area contributed by atoms with Crippen molar-refractivity contribution in [1.82, 2.24) is 14.7 Å². The first-order valence-electron chi connectivity index (χ1n) is 8.49. The predicted molar refractivity (Wildman–Crippen MR) is 84.2 cm³/mol. The van der Waals surface area contributed by atoms with Crippen LogP contribution in [0.4, 0.5) is 0 Å². The number of hydrogen-bond donors (Lipinski definition) is 0. The topological polar surface area (TPSA) is 19.0 Å². The highest BCUT2D eigenvalue weighted by Crippen LogP contribution is 2.13. The van der Waals surface area contributed by atoms with Gasteiger partial charge < -0.3 is 9.64 Å². The molecule has 0 N–H and O–H groups in total. The van der Waals surface area contributed by atoms with Crippen molar-refractivity contribution in [3.8, 4) is 0 Å². The highest BCUT2D eigenvalue weighted by molar-refractivity contribution is 4.75. The zero-order valence-electron chi connectivity index (χ0n) is 13.7. The maximum absolute atomic E-state index is 6.07. The molecule has 0 bridgehead atoms. The molecule has 2 aliphatic rings. The van der Waals surface area contributed by atoms with E-state index in [-0.39, 0.29) is 0 Å². The van der Waals surface area contributed by atoms with E-state index >= 15 is 0 Å². The van der Waals surface area contributed by atoms with Crippen LogP contribution in [0.1, 0.15) is 33.6 Å². The zero-order valence-corrected chi connectivity index (χ0v) is 13.7. The molecular formula is C16H33N3O. The van der Waals surface area contributed by atoms with Crippen molar-refractivity contribution in [3.05, 3.63) is 0 Å². The minimum absolute atomic E-state index is 0.509. The fourth-order valence-electron chi connectivity index (χ4n) is 3.24. The Morgan fingerprint density at radius 3 is 2.15 bits per heavy atom. The molecule has 0 saturated carbocycles. The molecule has 118 valence electrons. The lowest BCUT2D eigenvalue weighted by molar-refractivity contribution is -0.00674. The van der Waals surface area contributed by atoms with E-state index in [0.717, 1.165) is 13.2 Å². The van der Waals surface area contributed by atoms with E-state index in [2.05, 4.69) is 35.5 Å². The summed E-state index contributed by atoms with van der Waals surface area (Å²) in [6, 6.07) is 0.692. The Labute approximate surface area is 125 Å². The molecule has 0 spiro atoms. The van der Waals surface area contributed by atoms with Gasteiger partial charge >= 0.3 is 0 Å². The van der Waals surface area contributed by atoms with Crippen LogP contribution < -0.4 is 0 Å². The van der Waals surface area contributed by atoms with Gasteiger partial charge in [0.15, 0.2) is 0 Å². The van der Waals surface area contributed by atoms with Crippen molar-refractivity contribution < 1.29 is 4.74 Å². The smallest absolute Gasteiger partial charge is 0.0600 e. The lowest BCUT2D eigenvalue weighted by atomic mass is 10.1. The molecule has 0 radical (unpaired) electrons. The SMILES string of the molecule is CCN1CCC(OCCN2CCN(C(C)C)CC2)CC1. The van der Waals surface area contributed by atoms with Crippen molar-refractivity contribution in [2.45, 2.75) is 45.8 Å². The van der Waals surface area contributed by atoms with Crippen LogP contribution in [-0.4, -0.2) is 85.8 Å². The minimum atomic E-state index is 0.509. The Kier molecular flexibility index (Phi) is 6.75. The minimum Gasteiger partial charge on any atom is -0.377 e. The van der Waals surface area contributed by atoms with Crippen LogP contribution in [0.15, 0.2) is 0 Å². The summed E-state index contributed by atoms with van der Waals surface area (Å²) in [6.45, 7) is 17.3. The van der Waals surface area contributed by atoms with Gasteiger partial charge in [0.2, 0.25) is 0 Å². The summed E-state index contributed by atoms with van der Waals surface area (Å²) in [4.78, 5) is 7.64. The summed E-state index contributed by atoms with van der Waals surface area (Å²) < 4.78 is 6.07. The molecule has 2 saturated heterocycles. The number of piperidine rings is 1. The molecule has 0 aromatic carbocycles. The second-order valence-corrected chi connectivity index (χ2v) is 6.48. The van der Waals surface area contributed by atoms with E-state index in [9.17, 15) is 0 Å². The van der Waals surface area contributed by atoms with Crippen molar-refractivity contribution in [1.29, 1.82) is 0 Å². The predicted octanol–water partition coefficient (Wildman–Crippen LogP) is 1.51. The maximum atomic E-state index is 6.07. The third-order valence-corrected chi connectivity index (χ3v) is 4.88. The molecule has 0 aromatic heterocycles. The summed E-state index contributed by atoms with van der Waals surface area (Å²) in [5.41, 5.74) is 0. The van der Waals surface area contributed by atoms with Crippen molar-refractivity contribution in [3.63, 3.8) is 0 Å². The van der Waals surface area contributed by atoms with Gasteiger partial charge in [0.25, 0.3) is 0 Å². The van der Waals surface area contributed by atoms with Gasteiger partial charge in [-0.1, -0.05) is 6.92 Å². The fraction of sp³-hybridized carbons (Fsp3) is 1.00. The van der Waals surface area contributed by atoms with E-state index in [0.29, 0.717) is 12.1 Å². The van der Waals surface area contributed by atoms with Crippen molar-refractivity contribution >= 4 is 0 Å². The van der Waals surface area contributed by atoms with Crippen molar-refractivity contribution in [2.75, 3.05) is 59.0 Å². The number of hydrogen-bond acceptors (Lipinski definition) is 4.